The Morgan fingerprint density at radius 3 is 2.35 bits per heavy atom. The normalized spacial score (nSPS) is 30.8. The van der Waals surface area contributed by atoms with Gasteiger partial charge in [-0.3, -0.25) is 0 Å². The van der Waals surface area contributed by atoms with Gasteiger partial charge in [0.05, 0.1) is 0 Å². The maximum absolute atomic E-state index is 3.50. The average Bonchev–Trinajstić information content (AvgIpc) is 2.32. The molecule has 0 saturated heterocycles. The molecule has 1 fully saturated rings. The van der Waals surface area contributed by atoms with Crippen LogP contribution < -0.4 is 5.32 Å². The van der Waals surface area contributed by atoms with Crippen molar-refractivity contribution in [2.45, 2.75) is 57.5 Å². The van der Waals surface area contributed by atoms with E-state index in [4.69, 9.17) is 0 Å². The van der Waals surface area contributed by atoms with Crippen LogP contribution in [0, 0.1) is 17.8 Å². The van der Waals surface area contributed by atoms with Crippen molar-refractivity contribution in [3.63, 3.8) is 0 Å². The fourth-order valence-corrected chi connectivity index (χ4v) is 3.13. The van der Waals surface area contributed by atoms with E-state index >= 15 is 0 Å². The Morgan fingerprint density at radius 2 is 1.94 bits per heavy atom. The van der Waals surface area contributed by atoms with Crippen molar-refractivity contribution >= 4 is 0 Å². The first-order valence-electron chi connectivity index (χ1n) is 6.81. The van der Waals surface area contributed by atoms with Crippen LogP contribution in [0.2, 0.25) is 0 Å². The molecule has 0 aromatic rings. The quantitative estimate of drug-likeness (QED) is 0.755. The first-order valence-corrected chi connectivity index (χ1v) is 6.81. The topological polar surface area (TPSA) is 15.3 Å². The van der Waals surface area contributed by atoms with Crippen LogP contribution in [0.25, 0.3) is 0 Å². The molecule has 0 radical (unpaired) electrons. The molecular weight excluding hydrogens is 208 g/mol. The van der Waals surface area contributed by atoms with Gasteiger partial charge < -0.3 is 10.2 Å². The molecule has 2 nitrogen and oxygen atoms in total. The van der Waals surface area contributed by atoms with E-state index in [1.165, 1.54) is 25.7 Å². The number of likely N-dealkylation sites (N-methyl/N-ethyl adjacent to an activating group) is 2. The van der Waals surface area contributed by atoms with E-state index in [0.717, 1.165) is 12.3 Å². The van der Waals surface area contributed by atoms with Crippen LogP contribution in [0.3, 0.4) is 0 Å². The summed E-state index contributed by atoms with van der Waals surface area (Å²) in [4.78, 5) is 2.43. The number of rotatable bonds is 4. The monoisotopic (exact) mass is 236 g/mol. The third kappa shape index (κ3) is 3.24. The molecule has 1 unspecified atom stereocenters. The van der Waals surface area contributed by atoms with Gasteiger partial charge in [0.2, 0.25) is 0 Å². The van der Waals surface area contributed by atoms with Crippen LogP contribution in [-0.2, 0) is 0 Å². The number of nitrogens with zero attached hydrogens (tertiary/aromatic N) is 1. The lowest BCUT2D eigenvalue weighted by Gasteiger charge is -2.49. The smallest absolute Gasteiger partial charge is 0.0365 e. The summed E-state index contributed by atoms with van der Waals surface area (Å²) < 4.78 is 0. The average molecular weight is 236 g/mol. The van der Waals surface area contributed by atoms with E-state index in [2.05, 4.69) is 50.1 Å². The highest BCUT2D eigenvalue weighted by Gasteiger charge is 2.41. The summed E-state index contributed by atoms with van der Waals surface area (Å²) in [5.74, 6) is 7.16. The lowest BCUT2D eigenvalue weighted by Crippen LogP contribution is -2.59. The third-order valence-corrected chi connectivity index (χ3v) is 4.51. The molecular formula is C15H28N2. The standard InChI is InChI=1S/C15H28N2/c1-6-7-8-14(16-3)15(17(4)5)11-9-13(2)10-12-15/h13-14,16H,8-12H2,1-5H3. The summed E-state index contributed by atoms with van der Waals surface area (Å²) >= 11 is 0. The maximum Gasteiger partial charge on any atom is 0.0365 e. The molecule has 0 aromatic heterocycles. The first-order chi connectivity index (χ1) is 8.06. The summed E-state index contributed by atoms with van der Waals surface area (Å²) in [6.45, 7) is 4.30. The third-order valence-electron chi connectivity index (χ3n) is 4.51. The summed E-state index contributed by atoms with van der Waals surface area (Å²) in [6.07, 6.45) is 6.22. The minimum absolute atomic E-state index is 0.297. The molecule has 2 heteroatoms. The second-order valence-electron chi connectivity index (χ2n) is 5.65. The maximum atomic E-state index is 3.50. The molecule has 98 valence electrons. The lowest BCUT2D eigenvalue weighted by atomic mass is 9.71. The summed E-state index contributed by atoms with van der Waals surface area (Å²) in [5, 5.41) is 3.50. The molecule has 0 aliphatic heterocycles. The zero-order valence-electron chi connectivity index (χ0n) is 12.1. The van der Waals surface area contributed by atoms with Gasteiger partial charge in [-0.1, -0.05) is 6.92 Å². The van der Waals surface area contributed by atoms with Gasteiger partial charge in [-0.05, 0) is 59.7 Å². The molecule has 0 aromatic carbocycles. The number of hydrogen-bond acceptors (Lipinski definition) is 2. The summed E-state index contributed by atoms with van der Waals surface area (Å²) in [6, 6.07) is 0.484. The minimum Gasteiger partial charge on any atom is -0.314 e. The van der Waals surface area contributed by atoms with Gasteiger partial charge in [-0.15, -0.1) is 11.8 Å². The van der Waals surface area contributed by atoms with Gasteiger partial charge in [0.25, 0.3) is 0 Å². The summed E-state index contributed by atoms with van der Waals surface area (Å²) in [5.41, 5.74) is 0.297. The number of nitrogens with one attached hydrogen (secondary N) is 1. The fourth-order valence-electron chi connectivity index (χ4n) is 3.13. The zero-order valence-corrected chi connectivity index (χ0v) is 12.1. The lowest BCUT2D eigenvalue weighted by molar-refractivity contribution is 0.0477. The van der Waals surface area contributed by atoms with Gasteiger partial charge in [0.1, 0.15) is 0 Å². The van der Waals surface area contributed by atoms with Crippen molar-refractivity contribution in [1.82, 2.24) is 10.2 Å². The van der Waals surface area contributed by atoms with Crippen molar-refractivity contribution in [3.8, 4) is 11.8 Å². The van der Waals surface area contributed by atoms with E-state index < -0.39 is 0 Å². The van der Waals surface area contributed by atoms with E-state index in [-0.39, 0.29) is 0 Å². The van der Waals surface area contributed by atoms with Gasteiger partial charge in [-0.25, -0.2) is 0 Å². The zero-order chi connectivity index (χ0) is 12.9. The predicted octanol–water partition coefficient (Wildman–Crippen LogP) is 2.50. The fraction of sp³-hybridized carbons (Fsp3) is 0.867. The highest BCUT2D eigenvalue weighted by Crippen LogP contribution is 2.38. The predicted molar refractivity (Wildman–Crippen MR) is 75.0 cm³/mol. The Kier molecular flexibility index (Phi) is 5.49. The Hall–Kier alpha value is -0.520. The molecule has 1 saturated carbocycles. The Morgan fingerprint density at radius 1 is 1.35 bits per heavy atom. The molecule has 1 rings (SSSR count). The molecule has 0 amide bonds. The van der Waals surface area contributed by atoms with E-state index in [9.17, 15) is 0 Å². The Labute approximate surface area is 107 Å². The van der Waals surface area contributed by atoms with E-state index in [1.54, 1.807) is 0 Å². The van der Waals surface area contributed by atoms with Crippen LogP contribution in [-0.4, -0.2) is 37.6 Å². The Bertz CT molecular complexity index is 277. The molecule has 0 spiro atoms. The highest BCUT2D eigenvalue weighted by molar-refractivity contribution is 5.07. The number of hydrogen-bond donors (Lipinski definition) is 1. The van der Waals surface area contributed by atoms with Gasteiger partial charge in [0.15, 0.2) is 0 Å². The largest absolute Gasteiger partial charge is 0.314 e. The first kappa shape index (κ1) is 14.5. The molecule has 1 N–H and O–H groups in total. The molecule has 17 heavy (non-hydrogen) atoms. The second kappa shape index (κ2) is 6.42. The van der Waals surface area contributed by atoms with Crippen LogP contribution in [0.1, 0.15) is 46.0 Å². The van der Waals surface area contributed by atoms with Crippen molar-refractivity contribution in [1.29, 1.82) is 0 Å². The SMILES string of the molecule is CC#CCC(NC)C1(N(C)C)CCC(C)CC1. The Balaban J connectivity index is 2.84. The molecule has 1 atom stereocenters. The van der Waals surface area contributed by atoms with Crippen molar-refractivity contribution in [3.05, 3.63) is 0 Å². The second-order valence-corrected chi connectivity index (χ2v) is 5.65. The van der Waals surface area contributed by atoms with Crippen LogP contribution >= 0.6 is 0 Å². The van der Waals surface area contributed by atoms with Gasteiger partial charge in [-0.2, -0.15) is 0 Å². The van der Waals surface area contributed by atoms with Crippen LogP contribution in [0.15, 0.2) is 0 Å². The van der Waals surface area contributed by atoms with E-state index in [0.29, 0.717) is 11.6 Å². The van der Waals surface area contributed by atoms with Crippen molar-refractivity contribution in [2.75, 3.05) is 21.1 Å². The molecule has 1 aliphatic rings. The minimum atomic E-state index is 0.297. The van der Waals surface area contributed by atoms with E-state index in [1.807, 2.05) is 6.92 Å². The van der Waals surface area contributed by atoms with Crippen molar-refractivity contribution in [2.24, 2.45) is 5.92 Å². The molecule has 0 bridgehead atoms. The highest BCUT2D eigenvalue weighted by atomic mass is 15.2. The molecule has 0 heterocycles. The van der Waals surface area contributed by atoms with Gasteiger partial charge in [0, 0.05) is 18.0 Å². The van der Waals surface area contributed by atoms with Gasteiger partial charge >= 0.3 is 0 Å². The molecule has 1 aliphatic carbocycles. The summed E-state index contributed by atoms with van der Waals surface area (Å²) in [7, 11) is 6.52. The van der Waals surface area contributed by atoms with Crippen LogP contribution in [0.4, 0.5) is 0 Å². The van der Waals surface area contributed by atoms with Crippen molar-refractivity contribution < 1.29 is 0 Å². The van der Waals surface area contributed by atoms with Crippen LogP contribution in [0.5, 0.6) is 0 Å².